The molecule has 0 bridgehead atoms. The number of aliphatic hydroxyl groups excluding tert-OH is 1. The average molecular weight is 154 g/mol. The molecule has 1 rings (SSSR count). The van der Waals surface area contributed by atoms with Crippen molar-refractivity contribution >= 4 is 0 Å². The van der Waals surface area contributed by atoms with Gasteiger partial charge in [-0.2, -0.15) is 0 Å². The summed E-state index contributed by atoms with van der Waals surface area (Å²) in [7, 11) is 0. The third-order valence-corrected chi connectivity index (χ3v) is 3.23. The van der Waals surface area contributed by atoms with E-state index in [0.29, 0.717) is 11.3 Å². The van der Waals surface area contributed by atoms with Crippen LogP contribution in [0.4, 0.5) is 0 Å². The van der Waals surface area contributed by atoms with Crippen LogP contribution < -0.4 is 0 Å². The van der Waals surface area contributed by atoms with Gasteiger partial charge in [-0.05, 0) is 29.7 Å². The van der Waals surface area contributed by atoms with Crippen LogP contribution in [0.1, 0.15) is 33.6 Å². The Bertz CT molecular complexity index is 172. The Morgan fingerprint density at radius 3 is 2.64 bits per heavy atom. The summed E-state index contributed by atoms with van der Waals surface area (Å²) in [6.45, 7) is 7.02. The highest BCUT2D eigenvalue weighted by molar-refractivity contribution is 5.17. The molecule has 0 saturated carbocycles. The first-order valence-corrected chi connectivity index (χ1v) is 4.43. The molecule has 0 radical (unpaired) electrons. The van der Waals surface area contributed by atoms with Crippen LogP contribution in [0.3, 0.4) is 0 Å². The van der Waals surface area contributed by atoms with Crippen molar-refractivity contribution in [3.8, 4) is 0 Å². The fourth-order valence-electron chi connectivity index (χ4n) is 1.85. The van der Waals surface area contributed by atoms with E-state index in [4.69, 9.17) is 5.11 Å². The molecule has 1 N–H and O–H groups in total. The van der Waals surface area contributed by atoms with E-state index in [9.17, 15) is 0 Å². The van der Waals surface area contributed by atoms with Crippen LogP contribution in [0.2, 0.25) is 0 Å². The zero-order chi connectivity index (χ0) is 8.48. The first kappa shape index (κ1) is 8.79. The summed E-state index contributed by atoms with van der Waals surface area (Å²) in [6, 6.07) is 0. The zero-order valence-electron chi connectivity index (χ0n) is 7.72. The lowest BCUT2D eigenvalue weighted by atomic mass is 9.77. The lowest BCUT2D eigenvalue weighted by molar-refractivity contribution is 0.244. The van der Waals surface area contributed by atoms with E-state index in [1.165, 1.54) is 12.0 Å². The SMILES string of the molecule is CC[C@@]1(C)CC(CO)=C[C@@H]1C. The average Bonchev–Trinajstić information content (AvgIpc) is 2.29. The van der Waals surface area contributed by atoms with Gasteiger partial charge in [0, 0.05) is 0 Å². The van der Waals surface area contributed by atoms with Gasteiger partial charge in [0.15, 0.2) is 0 Å². The van der Waals surface area contributed by atoms with Crippen molar-refractivity contribution in [3.05, 3.63) is 11.6 Å². The number of allylic oxidation sites excluding steroid dienone is 1. The number of hydrogen-bond donors (Lipinski definition) is 1. The Morgan fingerprint density at radius 1 is 1.73 bits per heavy atom. The van der Waals surface area contributed by atoms with Crippen LogP contribution in [0.5, 0.6) is 0 Å². The highest BCUT2D eigenvalue weighted by atomic mass is 16.3. The molecule has 64 valence electrons. The molecule has 11 heavy (non-hydrogen) atoms. The summed E-state index contributed by atoms with van der Waals surface area (Å²) in [5.41, 5.74) is 1.64. The summed E-state index contributed by atoms with van der Waals surface area (Å²) in [5, 5.41) is 8.94. The second-order valence-corrected chi connectivity index (χ2v) is 3.96. The van der Waals surface area contributed by atoms with Gasteiger partial charge in [0.1, 0.15) is 0 Å². The molecule has 0 aromatic rings. The molecule has 0 amide bonds. The molecule has 1 aliphatic carbocycles. The highest BCUT2D eigenvalue weighted by Crippen LogP contribution is 2.43. The molecule has 1 heteroatoms. The predicted octanol–water partition coefficient (Wildman–Crippen LogP) is 2.36. The molecule has 0 aromatic heterocycles. The maximum atomic E-state index is 8.94. The van der Waals surface area contributed by atoms with Crippen molar-refractivity contribution in [2.45, 2.75) is 33.6 Å². The molecule has 0 saturated heterocycles. The van der Waals surface area contributed by atoms with Crippen LogP contribution in [0, 0.1) is 11.3 Å². The molecule has 2 atom stereocenters. The minimum Gasteiger partial charge on any atom is -0.392 e. The zero-order valence-corrected chi connectivity index (χ0v) is 7.72. The summed E-state index contributed by atoms with van der Waals surface area (Å²) < 4.78 is 0. The molecular weight excluding hydrogens is 136 g/mol. The monoisotopic (exact) mass is 154 g/mol. The second kappa shape index (κ2) is 2.98. The van der Waals surface area contributed by atoms with Crippen molar-refractivity contribution in [2.24, 2.45) is 11.3 Å². The van der Waals surface area contributed by atoms with Crippen molar-refractivity contribution in [1.82, 2.24) is 0 Å². The number of hydrogen-bond acceptors (Lipinski definition) is 1. The maximum absolute atomic E-state index is 8.94. The van der Waals surface area contributed by atoms with Crippen molar-refractivity contribution in [2.75, 3.05) is 6.61 Å². The van der Waals surface area contributed by atoms with E-state index in [1.807, 2.05) is 0 Å². The van der Waals surface area contributed by atoms with Crippen molar-refractivity contribution < 1.29 is 5.11 Å². The van der Waals surface area contributed by atoms with E-state index < -0.39 is 0 Å². The number of aliphatic hydroxyl groups is 1. The second-order valence-electron chi connectivity index (χ2n) is 3.96. The Hall–Kier alpha value is -0.300. The fourth-order valence-corrected chi connectivity index (χ4v) is 1.85. The standard InChI is InChI=1S/C10H18O/c1-4-10(3)6-9(7-11)5-8(10)2/h5,8,11H,4,6-7H2,1-3H3/t8-,10-/m0/s1. The Labute approximate surface area is 69.1 Å². The third-order valence-electron chi connectivity index (χ3n) is 3.23. The smallest absolute Gasteiger partial charge is 0.0642 e. The lowest BCUT2D eigenvalue weighted by Crippen LogP contribution is -2.18. The molecule has 1 nitrogen and oxygen atoms in total. The lowest BCUT2D eigenvalue weighted by Gasteiger charge is -2.27. The van der Waals surface area contributed by atoms with Crippen LogP contribution in [-0.2, 0) is 0 Å². The topological polar surface area (TPSA) is 20.2 Å². The van der Waals surface area contributed by atoms with Crippen LogP contribution in [-0.4, -0.2) is 11.7 Å². The van der Waals surface area contributed by atoms with Gasteiger partial charge in [-0.1, -0.05) is 26.8 Å². The molecule has 0 spiro atoms. The van der Waals surface area contributed by atoms with Gasteiger partial charge in [-0.3, -0.25) is 0 Å². The molecule has 1 aliphatic rings. The predicted molar refractivity (Wildman–Crippen MR) is 47.3 cm³/mol. The van der Waals surface area contributed by atoms with E-state index in [0.717, 1.165) is 6.42 Å². The van der Waals surface area contributed by atoms with Crippen LogP contribution in [0.15, 0.2) is 11.6 Å². The molecule has 0 aliphatic heterocycles. The molecule has 0 unspecified atom stereocenters. The molecule has 0 heterocycles. The highest BCUT2D eigenvalue weighted by Gasteiger charge is 2.33. The Morgan fingerprint density at radius 2 is 2.36 bits per heavy atom. The van der Waals surface area contributed by atoms with Crippen LogP contribution >= 0.6 is 0 Å². The van der Waals surface area contributed by atoms with Crippen LogP contribution in [0.25, 0.3) is 0 Å². The van der Waals surface area contributed by atoms with E-state index in [1.54, 1.807) is 0 Å². The minimum absolute atomic E-state index is 0.250. The van der Waals surface area contributed by atoms with Gasteiger partial charge in [-0.15, -0.1) is 0 Å². The van der Waals surface area contributed by atoms with Gasteiger partial charge >= 0.3 is 0 Å². The fraction of sp³-hybridized carbons (Fsp3) is 0.800. The molecule has 0 aromatic carbocycles. The summed E-state index contributed by atoms with van der Waals surface area (Å²) in [6.07, 6.45) is 4.51. The van der Waals surface area contributed by atoms with Gasteiger partial charge in [-0.25, -0.2) is 0 Å². The van der Waals surface area contributed by atoms with E-state index >= 15 is 0 Å². The maximum Gasteiger partial charge on any atom is 0.0642 e. The van der Waals surface area contributed by atoms with Gasteiger partial charge in [0.25, 0.3) is 0 Å². The summed E-state index contributed by atoms with van der Waals surface area (Å²) in [5.74, 6) is 0.634. The summed E-state index contributed by atoms with van der Waals surface area (Å²) in [4.78, 5) is 0. The largest absolute Gasteiger partial charge is 0.392 e. The third kappa shape index (κ3) is 1.48. The quantitative estimate of drug-likeness (QED) is 0.605. The Balaban J connectivity index is 2.68. The number of rotatable bonds is 2. The van der Waals surface area contributed by atoms with Gasteiger partial charge in [0.2, 0.25) is 0 Å². The van der Waals surface area contributed by atoms with Crippen molar-refractivity contribution in [3.63, 3.8) is 0 Å². The summed E-state index contributed by atoms with van der Waals surface area (Å²) >= 11 is 0. The molecule has 0 fully saturated rings. The normalized spacial score (nSPS) is 37.5. The van der Waals surface area contributed by atoms with Gasteiger partial charge < -0.3 is 5.11 Å². The van der Waals surface area contributed by atoms with E-state index in [-0.39, 0.29) is 6.61 Å². The first-order chi connectivity index (χ1) is 5.12. The Kier molecular flexibility index (Phi) is 2.38. The van der Waals surface area contributed by atoms with Gasteiger partial charge in [0.05, 0.1) is 6.61 Å². The minimum atomic E-state index is 0.250. The van der Waals surface area contributed by atoms with E-state index in [2.05, 4.69) is 26.8 Å². The first-order valence-electron chi connectivity index (χ1n) is 4.43. The molecular formula is C10H18O. The van der Waals surface area contributed by atoms with Crippen molar-refractivity contribution in [1.29, 1.82) is 0 Å².